The highest BCUT2D eigenvalue weighted by Gasteiger charge is 2.13. The normalized spacial score (nSPS) is 10.9. The Morgan fingerprint density at radius 3 is 2.45 bits per heavy atom. The summed E-state index contributed by atoms with van der Waals surface area (Å²) in [6.45, 7) is 9.92. The summed E-state index contributed by atoms with van der Waals surface area (Å²) in [6.07, 6.45) is 3.15. The molecule has 0 aromatic heterocycles. The first-order chi connectivity index (χ1) is 14.9. The maximum absolute atomic E-state index is 12.5. The molecule has 0 heterocycles. The third-order valence-corrected chi connectivity index (χ3v) is 4.61. The van der Waals surface area contributed by atoms with Gasteiger partial charge in [-0.3, -0.25) is 9.59 Å². The van der Waals surface area contributed by atoms with E-state index in [-0.39, 0.29) is 11.8 Å². The highest BCUT2D eigenvalue weighted by molar-refractivity contribution is 6.03. The number of amides is 2. The molecule has 2 aromatic carbocycles. The van der Waals surface area contributed by atoms with Crippen molar-refractivity contribution in [3.63, 3.8) is 0 Å². The van der Waals surface area contributed by atoms with Crippen LogP contribution in [-0.4, -0.2) is 43.5 Å². The fourth-order valence-corrected chi connectivity index (χ4v) is 2.94. The molecule has 0 bridgehead atoms. The van der Waals surface area contributed by atoms with Crippen LogP contribution in [-0.2, 0) is 4.79 Å². The van der Waals surface area contributed by atoms with Gasteiger partial charge in [0.05, 0.1) is 13.7 Å². The topological polar surface area (TPSA) is 67.9 Å². The number of nitrogens with zero attached hydrogens (tertiary/aromatic N) is 1. The van der Waals surface area contributed by atoms with E-state index >= 15 is 0 Å². The van der Waals surface area contributed by atoms with E-state index < -0.39 is 0 Å². The summed E-state index contributed by atoms with van der Waals surface area (Å²) in [5, 5.41) is 2.80. The molecule has 6 heteroatoms. The molecule has 2 amide bonds. The predicted molar refractivity (Wildman–Crippen MR) is 125 cm³/mol. The number of benzene rings is 2. The fourth-order valence-electron chi connectivity index (χ4n) is 2.94. The predicted octanol–water partition coefficient (Wildman–Crippen LogP) is 4.86. The largest absolute Gasteiger partial charge is 0.493 e. The number of hydrogen-bond donors (Lipinski definition) is 1. The van der Waals surface area contributed by atoms with Crippen LogP contribution in [0.4, 0.5) is 5.69 Å². The van der Waals surface area contributed by atoms with Crippen molar-refractivity contribution in [2.24, 2.45) is 5.92 Å². The zero-order chi connectivity index (χ0) is 22.8. The molecular formula is C25H32N2O4. The van der Waals surface area contributed by atoms with Crippen molar-refractivity contribution < 1.29 is 19.1 Å². The summed E-state index contributed by atoms with van der Waals surface area (Å²) >= 11 is 0. The summed E-state index contributed by atoms with van der Waals surface area (Å²) in [6, 6.07) is 12.5. The van der Waals surface area contributed by atoms with E-state index in [4.69, 9.17) is 9.47 Å². The quantitative estimate of drug-likeness (QED) is 0.553. The lowest BCUT2D eigenvalue weighted by molar-refractivity contribution is -0.111. The van der Waals surface area contributed by atoms with E-state index in [0.29, 0.717) is 48.4 Å². The van der Waals surface area contributed by atoms with Crippen LogP contribution in [0.15, 0.2) is 48.5 Å². The zero-order valence-electron chi connectivity index (χ0n) is 19.0. The van der Waals surface area contributed by atoms with Crippen LogP contribution in [0.2, 0.25) is 0 Å². The van der Waals surface area contributed by atoms with E-state index in [0.717, 1.165) is 5.56 Å². The van der Waals surface area contributed by atoms with E-state index in [2.05, 4.69) is 19.2 Å². The number of nitrogens with one attached hydrogen (secondary N) is 1. The van der Waals surface area contributed by atoms with Crippen LogP contribution in [0.3, 0.4) is 0 Å². The van der Waals surface area contributed by atoms with Gasteiger partial charge in [0.2, 0.25) is 5.91 Å². The molecule has 0 spiro atoms. The Hall–Kier alpha value is -3.28. The second kappa shape index (κ2) is 11.8. The van der Waals surface area contributed by atoms with Gasteiger partial charge < -0.3 is 19.7 Å². The third kappa shape index (κ3) is 7.17. The summed E-state index contributed by atoms with van der Waals surface area (Å²) in [4.78, 5) is 26.6. The molecule has 0 aliphatic heterocycles. The van der Waals surface area contributed by atoms with Crippen molar-refractivity contribution in [1.82, 2.24) is 4.90 Å². The number of ether oxygens (including phenoxy) is 2. The average Bonchev–Trinajstić information content (AvgIpc) is 2.77. The number of hydrogen-bond acceptors (Lipinski definition) is 4. The van der Waals surface area contributed by atoms with Crippen LogP contribution < -0.4 is 14.8 Å². The Morgan fingerprint density at radius 2 is 1.81 bits per heavy atom. The second-order valence-electron chi connectivity index (χ2n) is 7.50. The van der Waals surface area contributed by atoms with Gasteiger partial charge in [-0.05, 0) is 61.7 Å². The van der Waals surface area contributed by atoms with E-state index in [9.17, 15) is 9.59 Å². The molecule has 0 saturated heterocycles. The minimum atomic E-state index is -0.286. The van der Waals surface area contributed by atoms with Gasteiger partial charge in [0.25, 0.3) is 5.91 Å². The van der Waals surface area contributed by atoms with Crippen LogP contribution in [0.25, 0.3) is 6.08 Å². The van der Waals surface area contributed by atoms with Gasteiger partial charge in [-0.1, -0.05) is 26.0 Å². The molecule has 166 valence electrons. The van der Waals surface area contributed by atoms with Gasteiger partial charge in [-0.2, -0.15) is 0 Å². The van der Waals surface area contributed by atoms with Gasteiger partial charge in [0.1, 0.15) is 0 Å². The van der Waals surface area contributed by atoms with E-state index in [1.807, 2.05) is 32.0 Å². The van der Waals surface area contributed by atoms with Gasteiger partial charge in [-0.15, -0.1) is 0 Å². The third-order valence-electron chi connectivity index (χ3n) is 4.61. The molecule has 0 unspecified atom stereocenters. The maximum atomic E-state index is 12.5. The van der Waals surface area contributed by atoms with Gasteiger partial charge in [0.15, 0.2) is 11.5 Å². The van der Waals surface area contributed by atoms with Crippen molar-refractivity contribution in [2.75, 3.05) is 32.1 Å². The van der Waals surface area contributed by atoms with Crippen LogP contribution in [0, 0.1) is 5.92 Å². The Bertz CT molecular complexity index is 917. The molecule has 31 heavy (non-hydrogen) atoms. The first kappa shape index (κ1) is 24.0. The lowest BCUT2D eigenvalue weighted by atomic mass is 10.1. The van der Waals surface area contributed by atoms with Crippen LogP contribution >= 0.6 is 0 Å². The number of rotatable bonds is 10. The lowest BCUT2D eigenvalue weighted by Gasteiger charge is -2.18. The molecule has 0 fully saturated rings. The van der Waals surface area contributed by atoms with Gasteiger partial charge in [0, 0.05) is 30.4 Å². The minimum absolute atomic E-state index is 0.0523. The van der Waals surface area contributed by atoms with Crippen molar-refractivity contribution in [3.05, 3.63) is 59.7 Å². The van der Waals surface area contributed by atoms with Gasteiger partial charge >= 0.3 is 0 Å². The monoisotopic (exact) mass is 424 g/mol. The molecule has 1 N–H and O–H groups in total. The Labute approximate surface area is 184 Å². The van der Waals surface area contributed by atoms with Crippen LogP contribution in [0.1, 0.15) is 43.6 Å². The molecule has 2 aromatic rings. The standard InChI is InChI=1S/C25H32N2O4/c1-6-27(7-2)25(29)20-9-8-10-21(16-20)26-24(28)14-12-19-11-13-22(23(15-19)30-5)31-17-18(3)4/h8-16,18H,6-7,17H2,1-5H3,(H,26,28)/b14-12+. The number of methoxy groups -OCH3 is 1. The summed E-state index contributed by atoms with van der Waals surface area (Å²) in [7, 11) is 1.59. The Kier molecular flexibility index (Phi) is 9.13. The summed E-state index contributed by atoms with van der Waals surface area (Å²) in [5.41, 5.74) is 1.93. The molecule has 6 nitrogen and oxygen atoms in total. The van der Waals surface area contributed by atoms with Gasteiger partial charge in [-0.25, -0.2) is 0 Å². The molecular weight excluding hydrogens is 392 g/mol. The minimum Gasteiger partial charge on any atom is -0.493 e. The molecule has 0 atom stereocenters. The molecule has 0 aliphatic rings. The van der Waals surface area contributed by atoms with Crippen molar-refractivity contribution >= 4 is 23.6 Å². The van der Waals surface area contributed by atoms with E-state index in [1.54, 1.807) is 42.4 Å². The number of carbonyl (C=O) groups is 2. The second-order valence-corrected chi connectivity index (χ2v) is 7.50. The molecule has 0 aliphatic carbocycles. The van der Waals surface area contributed by atoms with Crippen molar-refractivity contribution in [1.29, 1.82) is 0 Å². The van der Waals surface area contributed by atoms with Crippen molar-refractivity contribution in [3.8, 4) is 11.5 Å². The fraction of sp³-hybridized carbons (Fsp3) is 0.360. The smallest absolute Gasteiger partial charge is 0.253 e. The average molecular weight is 425 g/mol. The SMILES string of the molecule is CCN(CC)C(=O)c1cccc(NC(=O)/C=C/c2ccc(OCC(C)C)c(OC)c2)c1. The molecule has 2 rings (SSSR count). The highest BCUT2D eigenvalue weighted by atomic mass is 16.5. The first-order valence-corrected chi connectivity index (χ1v) is 10.6. The summed E-state index contributed by atoms with van der Waals surface area (Å²) < 4.78 is 11.2. The van der Waals surface area contributed by atoms with Crippen molar-refractivity contribution in [2.45, 2.75) is 27.7 Å². The maximum Gasteiger partial charge on any atom is 0.253 e. The Morgan fingerprint density at radius 1 is 1.06 bits per heavy atom. The lowest BCUT2D eigenvalue weighted by Crippen LogP contribution is -2.30. The number of carbonyl (C=O) groups excluding carboxylic acids is 2. The van der Waals surface area contributed by atoms with E-state index in [1.165, 1.54) is 6.08 Å². The zero-order valence-corrected chi connectivity index (χ0v) is 19.0. The molecule has 0 radical (unpaired) electrons. The highest BCUT2D eigenvalue weighted by Crippen LogP contribution is 2.29. The molecule has 0 saturated carbocycles. The first-order valence-electron chi connectivity index (χ1n) is 10.6. The van der Waals surface area contributed by atoms with Crippen LogP contribution in [0.5, 0.6) is 11.5 Å². The Balaban J connectivity index is 2.05. The number of anilines is 1. The summed E-state index contributed by atoms with van der Waals surface area (Å²) in [5.74, 6) is 1.36.